The van der Waals surface area contributed by atoms with E-state index in [0.717, 1.165) is 35.0 Å². The van der Waals surface area contributed by atoms with E-state index in [2.05, 4.69) is 15.6 Å². The molecule has 0 bridgehead atoms. The molecule has 1 aromatic heterocycles. The van der Waals surface area contributed by atoms with Gasteiger partial charge >= 0.3 is 0 Å². The minimum atomic E-state index is -0.990. The zero-order chi connectivity index (χ0) is 18.0. The summed E-state index contributed by atoms with van der Waals surface area (Å²) in [6.45, 7) is -0.220. The van der Waals surface area contributed by atoms with Gasteiger partial charge in [0.05, 0.1) is 11.9 Å². The fraction of sp³-hybridized carbons (Fsp3) is 0.125. The smallest absolute Gasteiger partial charge is 0.277 e. The maximum Gasteiger partial charge on any atom is 0.277 e. The summed E-state index contributed by atoms with van der Waals surface area (Å²) in [5, 5.41) is 9.79. The summed E-state index contributed by atoms with van der Waals surface area (Å²) in [7, 11) is 0. The van der Waals surface area contributed by atoms with Crippen LogP contribution in [0.15, 0.2) is 41.2 Å². The maximum absolute atomic E-state index is 13.5. The molecule has 128 valence electrons. The molecule has 1 heterocycles. The highest BCUT2D eigenvalue weighted by Crippen LogP contribution is 2.11. The molecule has 3 aromatic rings. The Kier molecular flexibility index (Phi) is 4.46. The third-order valence-corrected chi connectivity index (χ3v) is 3.48. The average Bonchev–Trinajstić information content (AvgIpc) is 2.57. The molecule has 0 aliphatic heterocycles. The Balaban J connectivity index is 1.74. The topological polar surface area (TPSA) is 76.9 Å². The number of hydrogen-bond donors (Lipinski definition) is 1. The number of rotatable bonds is 4. The van der Waals surface area contributed by atoms with Crippen LogP contribution in [-0.2, 0) is 6.54 Å². The van der Waals surface area contributed by atoms with E-state index in [4.69, 9.17) is 0 Å². The zero-order valence-corrected chi connectivity index (χ0v) is 12.7. The fourth-order valence-electron chi connectivity index (χ4n) is 2.27. The summed E-state index contributed by atoms with van der Waals surface area (Å²) < 4.78 is 41.2. The Morgan fingerprint density at radius 3 is 2.56 bits per heavy atom. The van der Waals surface area contributed by atoms with Gasteiger partial charge in [-0.05, 0) is 30.3 Å². The van der Waals surface area contributed by atoms with Gasteiger partial charge in [0, 0.05) is 6.54 Å². The summed E-state index contributed by atoms with van der Waals surface area (Å²) in [6.07, 6.45) is 0. The standard InChI is InChI=1S/C16H11F3N4O2/c17-9-4-5-13-10(8-9)16(25)23(22-21-13)7-6-20-15(24)14-11(18)2-1-3-12(14)19/h1-5,8H,6-7H2,(H,20,24). The van der Waals surface area contributed by atoms with Gasteiger partial charge in [-0.3, -0.25) is 9.59 Å². The zero-order valence-electron chi connectivity index (χ0n) is 12.7. The molecule has 0 atom stereocenters. The predicted molar refractivity (Wildman–Crippen MR) is 82.4 cm³/mol. The molecule has 1 N–H and O–H groups in total. The molecule has 0 saturated heterocycles. The summed E-state index contributed by atoms with van der Waals surface area (Å²) in [5.74, 6) is -3.53. The third kappa shape index (κ3) is 3.35. The molecule has 25 heavy (non-hydrogen) atoms. The number of nitrogens with one attached hydrogen (secondary N) is 1. The van der Waals surface area contributed by atoms with Crippen LogP contribution in [-0.4, -0.2) is 27.4 Å². The van der Waals surface area contributed by atoms with Gasteiger partial charge in [-0.2, -0.15) is 0 Å². The van der Waals surface area contributed by atoms with Gasteiger partial charge in [-0.25, -0.2) is 17.9 Å². The normalized spacial score (nSPS) is 10.8. The molecule has 0 aliphatic rings. The van der Waals surface area contributed by atoms with E-state index in [9.17, 15) is 22.8 Å². The van der Waals surface area contributed by atoms with E-state index in [0.29, 0.717) is 0 Å². The van der Waals surface area contributed by atoms with E-state index < -0.39 is 34.5 Å². The van der Waals surface area contributed by atoms with Crippen LogP contribution in [0.2, 0.25) is 0 Å². The third-order valence-electron chi connectivity index (χ3n) is 3.48. The largest absolute Gasteiger partial charge is 0.350 e. The van der Waals surface area contributed by atoms with Crippen molar-refractivity contribution in [1.29, 1.82) is 0 Å². The molecule has 1 amide bonds. The molecule has 6 nitrogen and oxygen atoms in total. The Morgan fingerprint density at radius 1 is 1.12 bits per heavy atom. The minimum Gasteiger partial charge on any atom is -0.350 e. The number of aromatic nitrogens is 3. The van der Waals surface area contributed by atoms with Crippen molar-refractivity contribution in [3.05, 3.63) is 69.8 Å². The second kappa shape index (κ2) is 6.71. The van der Waals surface area contributed by atoms with Crippen molar-refractivity contribution >= 4 is 16.8 Å². The highest BCUT2D eigenvalue weighted by atomic mass is 19.1. The highest BCUT2D eigenvalue weighted by Gasteiger charge is 2.16. The van der Waals surface area contributed by atoms with Crippen LogP contribution in [0.1, 0.15) is 10.4 Å². The van der Waals surface area contributed by atoms with E-state index in [1.165, 1.54) is 6.07 Å². The van der Waals surface area contributed by atoms with E-state index >= 15 is 0 Å². The van der Waals surface area contributed by atoms with Gasteiger partial charge in [-0.15, -0.1) is 5.10 Å². The first-order valence-electron chi connectivity index (χ1n) is 7.22. The van der Waals surface area contributed by atoms with Crippen LogP contribution in [0.25, 0.3) is 10.9 Å². The molecule has 0 fully saturated rings. The fourth-order valence-corrected chi connectivity index (χ4v) is 2.27. The first kappa shape index (κ1) is 16.6. The van der Waals surface area contributed by atoms with Crippen molar-refractivity contribution in [2.24, 2.45) is 0 Å². The van der Waals surface area contributed by atoms with Crippen molar-refractivity contribution in [3.8, 4) is 0 Å². The number of amides is 1. The second-order valence-corrected chi connectivity index (χ2v) is 5.13. The van der Waals surface area contributed by atoms with Crippen molar-refractivity contribution < 1.29 is 18.0 Å². The number of hydrogen-bond acceptors (Lipinski definition) is 4. The van der Waals surface area contributed by atoms with Crippen LogP contribution in [0, 0.1) is 17.5 Å². The van der Waals surface area contributed by atoms with Crippen molar-refractivity contribution in [1.82, 2.24) is 20.3 Å². The van der Waals surface area contributed by atoms with Gasteiger partial charge in [0.2, 0.25) is 0 Å². The first-order valence-corrected chi connectivity index (χ1v) is 7.22. The lowest BCUT2D eigenvalue weighted by Crippen LogP contribution is -2.33. The number of carbonyl (C=O) groups excluding carboxylic acids is 1. The van der Waals surface area contributed by atoms with Gasteiger partial charge in [0.25, 0.3) is 11.5 Å². The van der Waals surface area contributed by atoms with Gasteiger partial charge in [0.15, 0.2) is 0 Å². The van der Waals surface area contributed by atoms with Crippen LogP contribution in [0.5, 0.6) is 0 Å². The van der Waals surface area contributed by atoms with Gasteiger partial charge < -0.3 is 5.32 Å². The lowest BCUT2D eigenvalue weighted by atomic mass is 10.2. The Morgan fingerprint density at radius 2 is 1.84 bits per heavy atom. The highest BCUT2D eigenvalue weighted by molar-refractivity contribution is 5.94. The number of halogens is 3. The molecule has 0 unspecified atom stereocenters. The summed E-state index contributed by atoms with van der Waals surface area (Å²) >= 11 is 0. The predicted octanol–water partition coefficient (Wildman–Crippen LogP) is 1.64. The van der Waals surface area contributed by atoms with Gasteiger partial charge in [0.1, 0.15) is 28.5 Å². The first-order chi connectivity index (χ1) is 12.0. The number of benzene rings is 2. The summed E-state index contributed by atoms with van der Waals surface area (Å²) in [4.78, 5) is 24.1. The summed E-state index contributed by atoms with van der Waals surface area (Å²) in [6, 6.07) is 6.59. The lowest BCUT2D eigenvalue weighted by Gasteiger charge is -2.08. The monoisotopic (exact) mass is 348 g/mol. The van der Waals surface area contributed by atoms with Gasteiger partial charge in [-0.1, -0.05) is 11.3 Å². The van der Waals surface area contributed by atoms with Crippen LogP contribution >= 0.6 is 0 Å². The number of nitrogens with zero attached hydrogens (tertiary/aromatic N) is 3. The Labute approximate surface area is 138 Å². The van der Waals surface area contributed by atoms with E-state index in [-0.39, 0.29) is 24.0 Å². The maximum atomic E-state index is 13.5. The van der Waals surface area contributed by atoms with Crippen LogP contribution in [0.4, 0.5) is 13.2 Å². The van der Waals surface area contributed by atoms with Crippen LogP contribution < -0.4 is 10.9 Å². The van der Waals surface area contributed by atoms with Crippen molar-refractivity contribution in [2.75, 3.05) is 6.54 Å². The molecule has 3 rings (SSSR count). The molecule has 0 radical (unpaired) electrons. The molecule has 0 spiro atoms. The van der Waals surface area contributed by atoms with Crippen molar-refractivity contribution in [3.63, 3.8) is 0 Å². The molecule has 0 saturated carbocycles. The molecule has 9 heteroatoms. The molecule has 0 aliphatic carbocycles. The SMILES string of the molecule is O=C(NCCn1nnc2ccc(F)cc2c1=O)c1c(F)cccc1F. The Bertz CT molecular complexity index is 1000. The van der Waals surface area contributed by atoms with E-state index in [1.54, 1.807) is 0 Å². The molecule has 2 aromatic carbocycles. The quantitative estimate of drug-likeness (QED) is 0.778. The average molecular weight is 348 g/mol. The minimum absolute atomic E-state index is 0.0430. The van der Waals surface area contributed by atoms with Crippen LogP contribution in [0.3, 0.4) is 0 Å². The molecular formula is C16H11F3N4O2. The summed E-state index contributed by atoms with van der Waals surface area (Å²) in [5.41, 5.74) is -1.06. The number of fused-ring (bicyclic) bond motifs is 1. The lowest BCUT2D eigenvalue weighted by molar-refractivity contribution is 0.0943. The van der Waals surface area contributed by atoms with E-state index in [1.807, 2.05) is 0 Å². The Hall–Kier alpha value is -3.23. The van der Waals surface area contributed by atoms with Crippen molar-refractivity contribution in [2.45, 2.75) is 6.54 Å². The molecular weight excluding hydrogens is 337 g/mol. The second-order valence-electron chi connectivity index (χ2n) is 5.13. The number of carbonyl (C=O) groups is 1.